The van der Waals surface area contributed by atoms with Crippen LogP contribution >= 0.6 is 0 Å². The Morgan fingerprint density at radius 3 is 2.52 bits per heavy atom. The molecule has 0 aromatic heterocycles. The molecule has 0 bridgehead atoms. The first-order valence-electron chi connectivity index (χ1n) is 10.6. The number of likely N-dealkylation sites (tertiary alicyclic amines) is 1. The van der Waals surface area contributed by atoms with Crippen LogP contribution in [0.25, 0.3) is 0 Å². The first-order chi connectivity index (χ1) is 11.7. The number of hydrogen-bond acceptors (Lipinski definition) is 2. The molecule has 1 N–H and O–H groups in total. The molecule has 3 aliphatic carbocycles. The molecule has 4 fully saturated rings. The zero-order chi connectivity index (χ0) is 18.1. The summed E-state index contributed by atoms with van der Waals surface area (Å²) in [6.45, 7) is 9.36. The van der Waals surface area contributed by atoms with Gasteiger partial charge in [-0.05, 0) is 85.9 Å². The van der Waals surface area contributed by atoms with Gasteiger partial charge in [-0.3, -0.25) is 4.79 Å². The van der Waals surface area contributed by atoms with E-state index in [-0.39, 0.29) is 6.10 Å². The monoisotopic (exact) mass is 347 g/mol. The van der Waals surface area contributed by atoms with E-state index >= 15 is 0 Å². The van der Waals surface area contributed by atoms with E-state index in [0.29, 0.717) is 34.6 Å². The lowest BCUT2D eigenvalue weighted by Gasteiger charge is -2.62. The zero-order valence-corrected chi connectivity index (χ0v) is 16.8. The lowest BCUT2D eigenvalue weighted by atomic mass is 9.46. The summed E-state index contributed by atoms with van der Waals surface area (Å²) in [5.74, 6) is 3.77. The van der Waals surface area contributed by atoms with Crippen molar-refractivity contribution in [1.29, 1.82) is 0 Å². The molecule has 0 aromatic carbocycles. The molecule has 1 saturated heterocycles. The van der Waals surface area contributed by atoms with Crippen LogP contribution in [0.4, 0.5) is 0 Å². The van der Waals surface area contributed by atoms with Gasteiger partial charge in [0, 0.05) is 19.5 Å². The number of aliphatic hydroxyl groups excluding tert-OH is 1. The summed E-state index contributed by atoms with van der Waals surface area (Å²) in [5.41, 5.74) is 0.618. The Bertz CT molecular complexity index is 560. The predicted octanol–water partition coefficient (Wildman–Crippen LogP) is 4.09. The van der Waals surface area contributed by atoms with Crippen LogP contribution in [-0.2, 0) is 4.79 Å². The number of rotatable bonds is 1. The zero-order valence-electron chi connectivity index (χ0n) is 16.8. The van der Waals surface area contributed by atoms with Gasteiger partial charge in [-0.15, -0.1) is 0 Å². The Hall–Kier alpha value is -0.570. The SMILES string of the molecule is C[C@@H](O)[C@H]1[C@@H](C)C[C@H]2[C@@H]3CC[C@H]4N(C)C(=O)CC[C@]4(C)[C@H]3CC[C@]12C. The molecule has 0 radical (unpaired) electrons. The van der Waals surface area contributed by atoms with Gasteiger partial charge >= 0.3 is 0 Å². The van der Waals surface area contributed by atoms with Gasteiger partial charge in [0.1, 0.15) is 0 Å². The number of fused-ring (bicyclic) bond motifs is 5. The lowest BCUT2D eigenvalue weighted by molar-refractivity contribution is -0.159. The number of nitrogens with zero attached hydrogens (tertiary/aromatic N) is 1. The molecule has 4 aliphatic rings. The van der Waals surface area contributed by atoms with Crippen LogP contribution in [0.15, 0.2) is 0 Å². The van der Waals surface area contributed by atoms with Crippen LogP contribution in [0, 0.1) is 40.4 Å². The van der Waals surface area contributed by atoms with Crippen molar-refractivity contribution in [3.8, 4) is 0 Å². The van der Waals surface area contributed by atoms with E-state index in [1.165, 1.54) is 32.1 Å². The van der Waals surface area contributed by atoms with Gasteiger partial charge in [0.2, 0.25) is 5.91 Å². The molecule has 1 amide bonds. The van der Waals surface area contributed by atoms with Crippen molar-refractivity contribution >= 4 is 5.91 Å². The number of hydrogen-bond donors (Lipinski definition) is 1. The fourth-order valence-electron chi connectivity index (χ4n) is 8.58. The fraction of sp³-hybridized carbons (Fsp3) is 0.955. The van der Waals surface area contributed by atoms with Crippen LogP contribution in [0.1, 0.15) is 72.6 Å². The Balaban J connectivity index is 1.65. The highest BCUT2D eigenvalue weighted by Crippen LogP contribution is 2.67. The third-order valence-corrected chi connectivity index (χ3v) is 9.51. The van der Waals surface area contributed by atoms with Gasteiger partial charge in [-0.1, -0.05) is 20.8 Å². The third kappa shape index (κ3) is 2.30. The highest BCUT2D eigenvalue weighted by molar-refractivity contribution is 5.77. The summed E-state index contributed by atoms with van der Waals surface area (Å²) >= 11 is 0. The first kappa shape index (κ1) is 17.8. The van der Waals surface area contributed by atoms with Crippen LogP contribution < -0.4 is 0 Å². The van der Waals surface area contributed by atoms with Crippen LogP contribution in [0.5, 0.6) is 0 Å². The maximum Gasteiger partial charge on any atom is 0.222 e. The quantitative estimate of drug-likeness (QED) is 0.776. The lowest BCUT2D eigenvalue weighted by Crippen LogP contribution is -2.61. The van der Waals surface area contributed by atoms with Gasteiger partial charge in [-0.25, -0.2) is 0 Å². The molecule has 0 spiro atoms. The molecule has 3 nitrogen and oxygen atoms in total. The number of aliphatic hydroxyl groups is 1. The van der Waals surface area contributed by atoms with E-state index in [2.05, 4.69) is 25.7 Å². The molecule has 0 unspecified atom stereocenters. The van der Waals surface area contributed by atoms with Crippen LogP contribution in [0.3, 0.4) is 0 Å². The van der Waals surface area contributed by atoms with Gasteiger partial charge in [0.15, 0.2) is 0 Å². The molecule has 9 atom stereocenters. The first-order valence-corrected chi connectivity index (χ1v) is 10.6. The highest BCUT2D eigenvalue weighted by atomic mass is 16.3. The van der Waals surface area contributed by atoms with Gasteiger partial charge in [0.25, 0.3) is 0 Å². The van der Waals surface area contributed by atoms with Gasteiger partial charge < -0.3 is 10.0 Å². The average molecular weight is 348 g/mol. The number of carbonyl (C=O) groups excluding carboxylic acids is 1. The second-order valence-electron chi connectivity index (χ2n) is 10.5. The molecule has 25 heavy (non-hydrogen) atoms. The van der Waals surface area contributed by atoms with E-state index in [1.807, 2.05) is 14.0 Å². The van der Waals surface area contributed by atoms with Gasteiger partial charge in [-0.2, -0.15) is 0 Å². The fourth-order valence-corrected chi connectivity index (χ4v) is 8.58. The molecule has 142 valence electrons. The third-order valence-electron chi connectivity index (χ3n) is 9.51. The maximum atomic E-state index is 12.2. The van der Waals surface area contributed by atoms with Crippen molar-refractivity contribution in [3.63, 3.8) is 0 Å². The average Bonchev–Trinajstić information content (AvgIpc) is 2.81. The van der Waals surface area contributed by atoms with E-state index in [1.54, 1.807) is 0 Å². The number of carbonyl (C=O) groups is 1. The van der Waals surface area contributed by atoms with Crippen molar-refractivity contribution in [2.75, 3.05) is 7.05 Å². The maximum absolute atomic E-state index is 12.2. The Morgan fingerprint density at radius 1 is 1.12 bits per heavy atom. The van der Waals surface area contributed by atoms with E-state index in [4.69, 9.17) is 0 Å². The summed E-state index contributed by atoms with van der Waals surface area (Å²) in [6.07, 6.45) is 7.95. The van der Waals surface area contributed by atoms with E-state index < -0.39 is 0 Å². The molecule has 0 aromatic rings. The van der Waals surface area contributed by atoms with Crippen LogP contribution in [-0.4, -0.2) is 35.1 Å². The minimum Gasteiger partial charge on any atom is -0.393 e. The Kier molecular flexibility index (Phi) is 4.07. The molecule has 1 heterocycles. The summed E-state index contributed by atoms with van der Waals surface area (Å²) in [7, 11) is 2.04. The molecule has 4 rings (SSSR count). The van der Waals surface area contributed by atoms with Crippen molar-refractivity contribution in [2.24, 2.45) is 40.4 Å². The molecular formula is C22H37NO2. The Labute approximate surface area is 153 Å². The largest absolute Gasteiger partial charge is 0.393 e. The topological polar surface area (TPSA) is 40.5 Å². The second kappa shape index (κ2) is 5.71. The summed E-state index contributed by atoms with van der Waals surface area (Å²) in [6, 6.07) is 0.450. The second-order valence-corrected chi connectivity index (χ2v) is 10.5. The number of amides is 1. The molecule has 1 aliphatic heterocycles. The van der Waals surface area contributed by atoms with Crippen LogP contribution in [0.2, 0.25) is 0 Å². The smallest absolute Gasteiger partial charge is 0.222 e. The molecular weight excluding hydrogens is 310 g/mol. The standard InChI is InChI=1S/C22H37NO2/c1-13-12-17-15-6-7-18-21(3,11-9-19(25)23(18)5)16(15)8-10-22(17,4)20(13)14(2)24/h13-18,20,24H,6-12H2,1-5H3/t13-,14+,15+,16-,17-,18+,20+,21+,22-/m0/s1. The predicted molar refractivity (Wildman–Crippen MR) is 99.9 cm³/mol. The highest BCUT2D eigenvalue weighted by Gasteiger charge is 2.62. The summed E-state index contributed by atoms with van der Waals surface area (Å²) < 4.78 is 0. The molecule has 3 heteroatoms. The summed E-state index contributed by atoms with van der Waals surface area (Å²) in [4.78, 5) is 14.3. The van der Waals surface area contributed by atoms with Crippen molar-refractivity contribution < 1.29 is 9.90 Å². The normalized spacial score (nSPS) is 53.8. The Morgan fingerprint density at radius 2 is 1.84 bits per heavy atom. The van der Waals surface area contributed by atoms with E-state index in [0.717, 1.165) is 30.6 Å². The van der Waals surface area contributed by atoms with Crippen molar-refractivity contribution in [2.45, 2.75) is 84.8 Å². The number of piperidine rings is 1. The van der Waals surface area contributed by atoms with Crippen molar-refractivity contribution in [3.05, 3.63) is 0 Å². The minimum absolute atomic E-state index is 0.188. The van der Waals surface area contributed by atoms with E-state index in [9.17, 15) is 9.90 Å². The molecule has 3 saturated carbocycles. The minimum atomic E-state index is -0.188. The van der Waals surface area contributed by atoms with Crippen molar-refractivity contribution in [1.82, 2.24) is 4.90 Å². The summed E-state index contributed by atoms with van der Waals surface area (Å²) in [5, 5.41) is 10.5. The van der Waals surface area contributed by atoms with Gasteiger partial charge in [0.05, 0.1) is 6.10 Å².